The first kappa shape index (κ1) is 16.5. The molecule has 2 fully saturated rings. The molecule has 23 heavy (non-hydrogen) atoms. The lowest BCUT2D eigenvalue weighted by atomic mass is 9.97. The average Bonchev–Trinajstić information content (AvgIpc) is 3.26. The van der Waals surface area contributed by atoms with E-state index in [4.69, 9.17) is 0 Å². The Hall–Kier alpha value is -1.36. The molecule has 5 nitrogen and oxygen atoms in total. The maximum absolute atomic E-state index is 12.7. The van der Waals surface area contributed by atoms with Gasteiger partial charge in [0, 0.05) is 44.0 Å². The molecule has 1 atom stereocenters. The number of nitrogens with zero attached hydrogens (tertiary/aromatic N) is 4. The van der Waals surface area contributed by atoms with Crippen LogP contribution in [0.25, 0.3) is 0 Å². The Balaban J connectivity index is 1.58. The molecule has 1 saturated heterocycles. The van der Waals surface area contributed by atoms with Crippen molar-refractivity contribution in [1.29, 1.82) is 0 Å². The molecular formula is C18H30N4O. The largest absolute Gasteiger partial charge is 0.341 e. The fourth-order valence-corrected chi connectivity index (χ4v) is 4.15. The Kier molecular flexibility index (Phi) is 5.36. The molecule has 1 aliphatic carbocycles. The number of amides is 1. The van der Waals surface area contributed by atoms with Gasteiger partial charge in [0.2, 0.25) is 5.91 Å². The van der Waals surface area contributed by atoms with Gasteiger partial charge in [0.25, 0.3) is 0 Å². The van der Waals surface area contributed by atoms with Crippen LogP contribution in [0.1, 0.15) is 57.2 Å². The van der Waals surface area contributed by atoms with E-state index in [9.17, 15) is 4.79 Å². The molecule has 0 aromatic carbocycles. The van der Waals surface area contributed by atoms with Crippen LogP contribution in [-0.4, -0.2) is 58.0 Å². The van der Waals surface area contributed by atoms with E-state index in [0.29, 0.717) is 24.4 Å². The molecule has 0 unspecified atom stereocenters. The number of aryl methyl sites for hydroxylation is 1. The standard InChI is InChI=1S/C18H30N4O/c1-3-21-12-10-19-18(21)15-7-6-11-22(13-15)17(23)14-20(2)16-8-4-5-9-16/h10,12,15-16H,3-9,11,13-14H2,1-2H3/t15-/m0/s1. The highest BCUT2D eigenvalue weighted by atomic mass is 16.2. The van der Waals surface area contributed by atoms with Crippen LogP contribution in [0.2, 0.25) is 0 Å². The summed E-state index contributed by atoms with van der Waals surface area (Å²) < 4.78 is 2.21. The molecule has 2 aliphatic rings. The molecule has 2 heterocycles. The Morgan fingerprint density at radius 1 is 1.30 bits per heavy atom. The summed E-state index contributed by atoms with van der Waals surface area (Å²) in [7, 11) is 2.11. The lowest BCUT2D eigenvalue weighted by Crippen LogP contribution is -2.45. The molecule has 0 spiro atoms. The summed E-state index contributed by atoms with van der Waals surface area (Å²) in [5, 5.41) is 0. The molecule has 1 amide bonds. The van der Waals surface area contributed by atoms with Gasteiger partial charge in [-0.05, 0) is 39.7 Å². The van der Waals surface area contributed by atoms with Crippen LogP contribution in [0, 0.1) is 0 Å². The Bertz CT molecular complexity index is 521. The molecule has 0 bridgehead atoms. The van der Waals surface area contributed by atoms with Gasteiger partial charge in [-0.15, -0.1) is 0 Å². The van der Waals surface area contributed by atoms with Crippen molar-refractivity contribution in [3.8, 4) is 0 Å². The normalized spacial score (nSPS) is 22.9. The number of likely N-dealkylation sites (tertiary alicyclic amines) is 1. The van der Waals surface area contributed by atoms with Gasteiger partial charge in [0.15, 0.2) is 0 Å². The summed E-state index contributed by atoms with van der Waals surface area (Å²) in [4.78, 5) is 21.6. The zero-order valence-corrected chi connectivity index (χ0v) is 14.6. The van der Waals surface area contributed by atoms with E-state index < -0.39 is 0 Å². The third-order valence-electron chi connectivity index (χ3n) is 5.56. The lowest BCUT2D eigenvalue weighted by molar-refractivity contribution is -0.133. The van der Waals surface area contributed by atoms with Crippen molar-refractivity contribution in [2.75, 3.05) is 26.7 Å². The van der Waals surface area contributed by atoms with Gasteiger partial charge in [0.1, 0.15) is 5.82 Å². The van der Waals surface area contributed by atoms with Crippen molar-refractivity contribution in [1.82, 2.24) is 19.4 Å². The summed E-state index contributed by atoms with van der Waals surface area (Å²) in [5.74, 6) is 1.83. The number of rotatable bonds is 5. The molecule has 0 N–H and O–H groups in total. The van der Waals surface area contributed by atoms with Gasteiger partial charge in [0.05, 0.1) is 6.54 Å². The first-order valence-electron chi connectivity index (χ1n) is 9.18. The van der Waals surface area contributed by atoms with Gasteiger partial charge in [-0.3, -0.25) is 9.69 Å². The minimum atomic E-state index is 0.290. The van der Waals surface area contributed by atoms with Gasteiger partial charge in [-0.1, -0.05) is 12.8 Å². The van der Waals surface area contributed by atoms with Crippen molar-refractivity contribution >= 4 is 5.91 Å². The SMILES string of the molecule is CCn1ccnc1[C@H]1CCCN(C(=O)CN(C)C2CCCC2)C1. The Morgan fingerprint density at radius 2 is 2.09 bits per heavy atom. The number of carbonyl (C=O) groups is 1. The van der Waals surface area contributed by atoms with E-state index >= 15 is 0 Å². The van der Waals surface area contributed by atoms with Crippen molar-refractivity contribution in [2.24, 2.45) is 0 Å². The van der Waals surface area contributed by atoms with Crippen LogP contribution in [0.4, 0.5) is 0 Å². The molecule has 1 aliphatic heterocycles. The second-order valence-corrected chi connectivity index (χ2v) is 7.10. The average molecular weight is 318 g/mol. The predicted octanol–water partition coefficient (Wildman–Crippen LogP) is 2.48. The second kappa shape index (κ2) is 7.47. The monoisotopic (exact) mass is 318 g/mol. The number of piperidine rings is 1. The first-order valence-corrected chi connectivity index (χ1v) is 9.18. The minimum absolute atomic E-state index is 0.290. The van der Waals surface area contributed by atoms with Gasteiger partial charge < -0.3 is 9.47 Å². The fourth-order valence-electron chi connectivity index (χ4n) is 4.15. The molecule has 1 aromatic heterocycles. The van der Waals surface area contributed by atoms with Crippen molar-refractivity contribution < 1.29 is 4.79 Å². The Labute approximate surface area is 139 Å². The third-order valence-corrected chi connectivity index (χ3v) is 5.56. The smallest absolute Gasteiger partial charge is 0.236 e. The lowest BCUT2D eigenvalue weighted by Gasteiger charge is -2.34. The summed E-state index contributed by atoms with van der Waals surface area (Å²) in [6, 6.07) is 0.610. The van der Waals surface area contributed by atoms with Crippen LogP contribution in [0.5, 0.6) is 0 Å². The van der Waals surface area contributed by atoms with Gasteiger partial charge in [-0.2, -0.15) is 0 Å². The highest BCUT2D eigenvalue weighted by molar-refractivity contribution is 5.78. The number of imidazole rings is 1. The number of hydrogen-bond donors (Lipinski definition) is 0. The number of aromatic nitrogens is 2. The first-order chi connectivity index (χ1) is 11.2. The molecular weight excluding hydrogens is 288 g/mol. The summed E-state index contributed by atoms with van der Waals surface area (Å²) in [6.07, 6.45) is 11.3. The van der Waals surface area contributed by atoms with Crippen LogP contribution in [0.15, 0.2) is 12.4 Å². The summed E-state index contributed by atoms with van der Waals surface area (Å²) in [5.41, 5.74) is 0. The van der Waals surface area contributed by atoms with E-state index in [1.165, 1.54) is 25.7 Å². The van der Waals surface area contributed by atoms with Crippen molar-refractivity contribution in [3.63, 3.8) is 0 Å². The Morgan fingerprint density at radius 3 is 2.83 bits per heavy atom. The van der Waals surface area contributed by atoms with Crippen LogP contribution >= 0.6 is 0 Å². The van der Waals surface area contributed by atoms with E-state index in [1.54, 1.807) is 0 Å². The molecule has 5 heteroatoms. The van der Waals surface area contributed by atoms with E-state index in [2.05, 4.69) is 33.3 Å². The predicted molar refractivity (Wildman–Crippen MR) is 91.3 cm³/mol. The molecule has 128 valence electrons. The topological polar surface area (TPSA) is 41.4 Å². The van der Waals surface area contributed by atoms with E-state index in [1.807, 2.05) is 12.4 Å². The minimum Gasteiger partial charge on any atom is -0.341 e. The summed E-state index contributed by atoms with van der Waals surface area (Å²) in [6.45, 7) is 5.40. The van der Waals surface area contributed by atoms with Gasteiger partial charge in [-0.25, -0.2) is 4.98 Å². The van der Waals surface area contributed by atoms with Gasteiger partial charge >= 0.3 is 0 Å². The molecule has 1 saturated carbocycles. The molecule has 3 rings (SSSR count). The maximum atomic E-state index is 12.7. The molecule has 0 radical (unpaired) electrons. The third kappa shape index (κ3) is 3.77. The van der Waals surface area contributed by atoms with E-state index in [-0.39, 0.29) is 0 Å². The highest BCUT2D eigenvalue weighted by Gasteiger charge is 2.29. The number of hydrogen-bond acceptors (Lipinski definition) is 3. The van der Waals surface area contributed by atoms with Crippen molar-refractivity contribution in [2.45, 2.75) is 64.0 Å². The second-order valence-electron chi connectivity index (χ2n) is 7.10. The number of carbonyl (C=O) groups excluding carboxylic acids is 1. The van der Waals surface area contributed by atoms with Crippen LogP contribution < -0.4 is 0 Å². The highest BCUT2D eigenvalue weighted by Crippen LogP contribution is 2.27. The van der Waals surface area contributed by atoms with Crippen molar-refractivity contribution in [3.05, 3.63) is 18.2 Å². The maximum Gasteiger partial charge on any atom is 0.236 e. The zero-order valence-electron chi connectivity index (χ0n) is 14.6. The quantitative estimate of drug-likeness (QED) is 0.837. The fraction of sp³-hybridized carbons (Fsp3) is 0.778. The van der Waals surface area contributed by atoms with E-state index in [0.717, 1.165) is 38.3 Å². The number of likely N-dealkylation sites (N-methyl/N-ethyl adjacent to an activating group) is 1. The zero-order chi connectivity index (χ0) is 16.2. The molecule has 1 aromatic rings. The summed E-state index contributed by atoms with van der Waals surface area (Å²) >= 11 is 0. The van der Waals surface area contributed by atoms with Crippen LogP contribution in [-0.2, 0) is 11.3 Å². The van der Waals surface area contributed by atoms with Crippen LogP contribution in [0.3, 0.4) is 0 Å².